The summed E-state index contributed by atoms with van der Waals surface area (Å²) < 4.78 is 18.9. The number of ether oxygens (including phenoxy) is 1. The van der Waals surface area contributed by atoms with Gasteiger partial charge in [-0.25, -0.2) is 4.39 Å². The lowest BCUT2D eigenvalue weighted by molar-refractivity contribution is -0.120. The number of halogens is 1. The van der Waals surface area contributed by atoms with E-state index in [9.17, 15) is 9.18 Å². The first-order valence-corrected chi connectivity index (χ1v) is 11.6. The summed E-state index contributed by atoms with van der Waals surface area (Å²) in [5.74, 6) is 1.96. The fourth-order valence-corrected chi connectivity index (χ4v) is 4.11. The van der Waals surface area contributed by atoms with Crippen molar-refractivity contribution < 1.29 is 13.9 Å². The topological polar surface area (TPSA) is 67.3 Å². The van der Waals surface area contributed by atoms with Crippen LogP contribution in [0, 0.1) is 11.7 Å². The van der Waals surface area contributed by atoms with Gasteiger partial charge >= 0.3 is 0 Å². The molecule has 0 aliphatic carbocycles. The summed E-state index contributed by atoms with van der Waals surface area (Å²) in [4.78, 5) is 14.9. The highest BCUT2D eigenvalue weighted by molar-refractivity contribution is 5.92. The summed E-state index contributed by atoms with van der Waals surface area (Å²) in [6.07, 6.45) is 1.48. The van der Waals surface area contributed by atoms with Crippen LogP contribution in [0.5, 0.6) is 11.5 Å². The Bertz CT molecular complexity index is 1260. The summed E-state index contributed by atoms with van der Waals surface area (Å²) in [5.41, 5.74) is 2.27. The van der Waals surface area contributed by atoms with Crippen LogP contribution in [-0.2, 0) is 4.79 Å². The zero-order valence-electron chi connectivity index (χ0n) is 19.1. The summed E-state index contributed by atoms with van der Waals surface area (Å²) >= 11 is 0. The lowest BCUT2D eigenvalue weighted by atomic mass is 9.95. The largest absolute Gasteiger partial charge is 0.457 e. The summed E-state index contributed by atoms with van der Waals surface area (Å²) in [5, 5.41) is 11.7. The quantitative estimate of drug-likeness (QED) is 0.380. The highest BCUT2D eigenvalue weighted by Crippen LogP contribution is 2.26. The van der Waals surface area contributed by atoms with Crippen LogP contribution in [0.25, 0.3) is 11.3 Å². The van der Waals surface area contributed by atoms with E-state index in [1.54, 1.807) is 12.1 Å². The molecule has 0 radical (unpaired) electrons. The third-order valence-corrected chi connectivity index (χ3v) is 6.08. The number of anilines is 2. The van der Waals surface area contributed by atoms with Crippen LogP contribution in [0.15, 0.2) is 91.0 Å². The second-order valence-electron chi connectivity index (χ2n) is 8.47. The number of nitrogens with zero attached hydrogens (tertiary/aromatic N) is 3. The van der Waals surface area contributed by atoms with Crippen molar-refractivity contribution in [3.63, 3.8) is 0 Å². The minimum atomic E-state index is -0.278. The molecule has 0 saturated carbocycles. The van der Waals surface area contributed by atoms with Crippen molar-refractivity contribution in [1.29, 1.82) is 0 Å². The van der Waals surface area contributed by atoms with Gasteiger partial charge in [-0.15, -0.1) is 10.2 Å². The number of carbonyl (C=O) groups is 1. The third kappa shape index (κ3) is 5.63. The molecule has 1 amide bonds. The second-order valence-corrected chi connectivity index (χ2v) is 8.47. The molecule has 0 spiro atoms. The van der Waals surface area contributed by atoms with E-state index in [1.807, 2.05) is 66.7 Å². The van der Waals surface area contributed by atoms with Crippen molar-refractivity contribution in [2.45, 2.75) is 12.8 Å². The Morgan fingerprint density at radius 3 is 2.17 bits per heavy atom. The van der Waals surface area contributed by atoms with Crippen molar-refractivity contribution in [3.8, 4) is 22.8 Å². The Hall–Kier alpha value is -4.26. The molecule has 1 aliphatic heterocycles. The van der Waals surface area contributed by atoms with Crippen molar-refractivity contribution in [1.82, 2.24) is 10.2 Å². The van der Waals surface area contributed by atoms with Crippen LogP contribution in [0.1, 0.15) is 12.8 Å². The molecule has 0 unspecified atom stereocenters. The fraction of sp³-hybridized carbons (Fsp3) is 0.179. The first kappa shape index (κ1) is 22.5. The molecular formula is C28H25FN4O2. The van der Waals surface area contributed by atoms with Crippen molar-refractivity contribution >= 4 is 17.4 Å². The lowest BCUT2D eigenvalue weighted by Gasteiger charge is -2.31. The first-order valence-electron chi connectivity index (χ1n) is 11.6. The zero-order valence-corrected chi connectivity index (χ0v) is 19.1. The van der Waals surface area contributed by atoms with E-state index in [1.165, 1.54) is 12.1 Å². The summed E-state index contributed by atoms with van der Waals surface area (Å²) in [6.45, 7) is 1.46. The maximum Gasteiger partial charge on any atom is 0.227 e. The van der Waals surface area contributed by atoms with Crippen LogP contribution < -0.4 is 15.0 Å². The van der Waals surface area contributed by atoms with Gasteiger partial charge in [0.25, 0.3) is 0 Å². The summed E-state index contributed by atoms with van der Waals surface area (Å²) in [6, 6.07) is 27.0. The van der Waals surface area contributed by atoms with Gasteiger partial charge < -0.3 is 15.0 Å². The molecule has 3 aromatic carbocycles. The predicted octanol–water partition coefficient (Wildman–Crippen LogP) is 5.93. The van der Waals surface area contributed by atoms with E-state index in [4.69, 9.17) is 4.74 Å². The number of aromatic nitrogens is 2. The van der Waals surface area contributed by atoms with Gasteiger partial charge in [0.2, 0.25) is 5.91 Å². The van der Waals surface area contributed by atoms with Crippen molar-refractivity contribution in [3.05, 3.63) is 96.8 Å². The Labute approximate surface area is 203 Å². The van der Waals surface area contributed by atoms with Gasteiger partial charge in [-0.3, -0.25) is 4.79 Å². The van der Waals surface area contributed by atoms with E-state index >= 15 is 0 Å². The number of nitrogens with one attached hydrogen (secondary N) is 1. The third-order valence-electron chi connectivity index (χ3n) is 6.08. The van der Waals surface area contributed by atoms with Gasteiger partial charge in [0.05, 0.1) is 5.69 Å². The number of carbonyl (C=O) groups excluding carboxylic acids is 1. The normalized spacial score (nSPS) is 13.9. The van der Waals surface area contributed by atoms with E-state index in [2.05, 4.69) is 20.4 Å². The minimum Gasteiger partial charge on any atom is -0.457 e. The smallest absolute Gasteiger partial charge is 0.227 e. The molecule has 5 rings (SSSR count). The molecule has 4 aromatic rings. The molecule has 0 atom stereocenters. The monoisotopic (exact) mass is 468 g/mol. The standard InChI is InChI=1S/C28H25FN4O2/c29-22-8-6-20(7-9-22)26-14-15-27(32-31-26)33-18-16-21(17-19-33)28(34)30-23-10-12-25(13-11-23)35-24-4-2-1-3-5-24/h1-15,21H,16-19H2,(H,30,34). The molecule has 1 aromatic heterocycles. The van der Waals surface area contributed by atoms with Crippen LogP contribution in [0.2, 0.25) is 0 Å². The van der Waals surface area contributed by atoms with Crippen LogP contribution >= 0.6 is 0 Å². The number of amides is 1. The van der Waals surface area contributed by atoms with Crippen molar-refractivity contribution in [2.75, 3.05) is 23.3 Å². The lowest BCUT2D eigenvalue weighted by Crippen LogP contribution is -2.38. The average molecular weight is 469 g/mol. The van der Waals surface area contributed by atoms with E-state index in [0.717, 1.165) is 48.7 Å². The van der Waals surface area contributed by atoms with Gasteiger partial charge in [0, 0.05) is 30.3 Å². The number of hydrogen-bond donors (Lipinski definition) is 1. The van der Waals surface area contributed by atoms with Crippen LogP contribution in [0.3, 0.4) is 0 Å². The molecule has 6 nitrogen and oxygen atoms in total. The second kappa shape index (κ2) is 10.3. The van der Waals surface area contributed by atoms with Gasteiger partial charge in [-0.1, -0.05) is 18.2 Å². The number of rotatable bonds is 6. The van der Waals surface area contributed by atoms with Gasteiger partial charge in [-0.05, 0) is 85.6 Å². The predicted molar refractivity (Wildman–Crippen MR) is 134 cm³/mol. The van der Waals surface area contributed by atoms with E-state index in [0.29, 0.717) is 11.4 Å². The minimum absolute atomic E-state index is 0.0270. The highest BCUT2D eigenvalue weighted by atomic mass is 19.1. The van der Waals surface area contributed by atoms with E-state index < -0.39 is 0 Å². The summed E-state index contributed by atoms with van der Waals surface area (Å²) in [7, 11) is 0. The Morgan fingerprint density at radius 1 is 0.829 bits per heavy atom. The van der Waals surface area contributed by atoms with Gasteiger partial charge in [0.15, 0.2) is 5.82 Å². The molecule has 176 valence electrons. The molecule has 1 N–H and O–H groups in total. The van der Waals surface area contributed by atoms with Crippen LogP contribution in [-0.4, -0.2) is 29.2 Å². The molecule has 0 bridgehead atoms. The average Bonchev–Trinajstić information content (AvgIpc) is 2.91. The van der Waals surface area contributed by atoms with Gasteiger partial charge in [0.1, 0.15) is 17.3 Å². The first-order chi connectivity index (χ1) is 17.1. The maximum absolute atomic E-state index is 13.1. The molecule has 7 heteroatoms. The molecular weight excluding hydrogens is 443 g/mol. The molecule has 1 fully saturated rings. The fourth-order valence-electron chi connectivity index (χ4n) is 4.11. The Balaban J connectivity index is 1.12. The molecule has 2 heterocycles. The number of benzene rings is 3. The Kier molecular flexibility index (Phi) is 6.66. The maximum atomic E-state index is 13.1. The van der Waals surface area contributed by atoms with Crippen molar-refractivity contribution in [2.24, 2.45) is 5.92 Å². The van der Waals surface area contributed by atoms with E-state index in [-0.39, 0.29) is 17.6 Å². The molecule has 1 saturated heterocycles. The number of hydrogen-bond acceptors (Lipinski definition) is 5. The van der Waals surface area contributed by atoms with Gasteiger partial charge in [-0.2, -0.15) is 0 Å². The highest BCUT2D eigenvalue weighted by Gasteiger charge is 2.26. The zero-order chi connectivity index (χ0) is 24.0. The number of piperidine rings is 1. The molecule has 1 aliphatic rings. The SMILES string of the molecule is O=C(Nc1ccc(Oc2ccccc2)cc1)C1CCN(c2ccc(-c3ccc(F)cc3)nn2)CC1. The molecule has 35 heavy (non-hydrogen) atoms. The number of para-hydroxylation sites is 1. The van der Waals surface area contributed by atoms with Crippen LogP contribution in [0.4, 0.5) is 15.9 Å². The Morgan fingerprint density at radius 2 is 1.51 bits per heavy atom.